The molecule has 0 atom stereocenters. The van der Waals surface area contributed by atoms with Gasteiger partial charge in [-0.3, -0.25) is 4.79 Å². The Morgan fingerprint density at radius 1 is 1.29 bits per heavy atom. The van der Waals surface area contributed by atoms with Gasteiger partial charge in [-0.1, -0.05) is 37.5 Å². The molecule has 0 aromatic rings. The van der Waals surface area contributed by atoms with E-state index >= 15 is 0 Å². The van der Waals surface area contributed by atoms with Gasteiger partial charge in [-0.25, -0.2) is 0 Å². The minimum atomic E-state index is -0.0819. The van der Waals surface area contributed by atoms with Gasteiger partial charge in [0.2, 0.25) is 5.91 Å². The second kappa shape index (κ2) is 7.28. The molecule has 1 amide bonds. The third-order valence-electron chi connectivity index (χ3n) is 3.44. The number of hydrogen-bond donors (Lipinski definition) is 2. The highest BCUT2D eigenvalue weighted by molar-refractivity contribution is 5.87. The molecule has 0 spiro atoms. The van der Waals surface area contributed by atoms with Gasteiger partial charge in [0, 0.05) is 18.0 Å². The van der Waals surface area contributed by atoms with E-state index in [4.69, 9.17) is 0 Å². The topological polar surface area (TPSA) is 49.3 Å². The number of aliphatic hydroxyl groups is 1. The van der Waals surface area contributed by atoms with E-state index in [0.29, 0.717) is 6.54 Å². The lowest BCUT2D eigenvalue weighted by atomic mass is 9.74. The number of amides is 1. The number of allylic oxidation sites excluding steroid dienone is 3. The lowest BCUT2D eigenvalue weighted by Crippen LogP contribution is -2.40. The van der Waals surface area contributed by atoms with Crippen molar-refractivity contribution in [2.45, 2.75) is 39.0 Å². The van der Waals surface area contributed by atoms with Crippen LogP contribution in [-0.2, 0) is 4.79 Å². The van der Waals surface area contributed by atoms with Crippen LogP contribution >= 0.6 is 0 Å². The number of rotatable bonds is 5. The second-order valence-corrected chi connectivity index (χ2v) is 4.82. The Hall–Kier alpha value is -1.09. The van der Waals surface area contributed by atoms with Crippen LogP contribution in [0.25, 0.3) is 0 Å². The largest absolute Gasteiger partial charge is 0.396 e. The molecule has 3 nitrogen and oxygen atoms in total. The van der Waals surface area contributed by atoms with E-state index in [-0.39, 0.29) is 17.9 Å². The molecule has 2 N–H and O–H groups in total. The van der Waals surface area contributed by atoms with E-state index in [1.54, 1.807) is 6.08 Å². The van der Waals surface area contributed by atoms with Crippen molar-refractivity contribution >= 4 is 5.91 Å². The molecule has 1 rings (SSSR count). The van der Waals surface area contributed by atoms with Crippen LogP contribution in [-0.4, -0.2) is 24.2 Å². The van der Waals surface area contributed by atoms with Gasteiger partial charge in [0.25, 0.3) is 0 Å². The molecule has 0 heterocycles. The maximum Gasteiger partial charge on any atom is 0.243 e. The lowest BCUT2D eigenvalue weighted by Gasteiger charge is -2.35. The number of carbonyl (C=O) groups excluding carboxylic acids is 1. The summed E-state index contributed by atoms with van der Waals surface area (Å²) in [6, 6.07) is 0. The third-order valence-corrected chi connectivity index (χ3v) is 3.44. The van der Waals surface area contributed by atoms with E-state index in [9.17, 15) is 9.90 Å². The molecule has 1 aliphatic carbocycles. The van der Waals surface area contributed by atoms with Crippen molar-refractivity contribution in [1.29, 1.82) is 0 Å². The first-order chi connectivity index (χ1) is 8.22. The molecule has 0 saturated heterocycles. The molecule has 96 valence electrons. The van der Waals surface area contributed by atoms with Crippen molar-refractivity contribution < 1.29 is 9.90 Å². The highest BCUT2D eigenvalue weighted by atomic mass is 16.3. The van der Waals surface area contributed by atoms with Gasteiger partial charge < -0.3 is 10.4 Å². The van der Waals surface area contributed by atoms with Crippen molar-refractivity contribution in [3.05, 3.63) is 24.3 Å². The summed E-state index contributed by atoms with van der Waals surface area (Å²) in [4.78, 5) is 11.5. The standard InChI is InChI=1S/C14H23NO2/c1-2-3-5-8-13(17)15-11-14(12-16)9-6-4-7-10-14/h2-3,5,8,16H,4,6-7,9-12H2,1H3,(H,15,17). The first-order valence-electron chi connectivity index (χ1n) is 6.40. The van der Waals surface area contributed by atoms with Crippen LogP contribution in [0.4, 0.5) is 0 Å². The normalized spacial score (nSPS) is 19.9. The monoisotopic (exact) mass is 237 g/mol. The molecule has 0 bridgehead atoms. The van der Waals surface area contributed by atoms with Gasteiger partial charge in [-0.05, 0) is 19.8 Å². The molecule has 1 fully saturated rings. The maximum absolute atomic E-state index is 11.5. The summed E-state index contributed by atoms with van der Waals surface area (Å²) >= 11 is 0. The molecule has 3 heteroatoms. The van der Waals surface area contributed by atoms with E-state index < -0.39 is 0 Å². The quantitative estimate of drug-likeness (QED) is 0.569. The average Bonchev–Trinajstić information content (AvgIpc) is 2.38. The number of nitrogens with one attached hydrogen (secondary N) is 1. The van der Waals surface area contributed by atoms with Crippen molar-refractivity contribution in [2.75, 3.05) is 13.2 Å². The molecule has 1 saturated carbocycles. The molecule has 17 heavy (non-hydrogen) atoms. The Balaban J connectivity index is 2.39. The Kier molecular flexibility index (Phi) is 5.98. The Labute approximate surface area is 104 Å². The summed E-state index contributed by atoms with van der Waals surface area (Å²) in [7, 11) is 0. The third kappa shape index (κ3) is 4.73. The van der Waals surface area contributed by atoms with E-state index in [2.05, 4.69) is 5.32 Å². The minimum absolute atomic E-state index is 0.0810. The molecular weight excluding hydrogens is 214 g/mol. The van der Waals surface area contributed by atoms with Crippen LogP contribution in [0.3, 0.4) is 0 Å². The smallest absolute Gasteiger partial charge is 0.243 e. The van der Waals surface area contributed by atoms with Crippen LogP contribution in [0.1, 0.15) is 39.0 Å². The highest BCUT2D eigenvalue weighted by Gasteiger charge is 2.31. The SMILES string of the molecule is CC=CC=CC(=O)NCC1(CO)CCCCC1. The van der Waals surface area contributed by atoms with Gasteiger partial charge in [0.1, 0.15) is 0 Å². The van der Waals surface area contributed by atoms with E-state index in [0.717, 1.165) is 25.7 Å². The van der Waals surface area contributed by atoms with Gasteiger partial charge in [-0.2, -0.15) is 0 Å². The predicted octanol–water partition coefficient (Wildman–Crippen LogP) is 2.18. The summed E-state index contributed by atoms with van der Waals surface area (Å²) < 4.78 is 0. The number of hydrogen-bond acceptors (Lipinski definition) is 2. The Bertz CT molecular complexity index is 289. The van der Waals surface area contributed by atoms with Gasteiger partial charge in [0.05, 0.1) is 6.61 Å². The van der Waals surface area contributed by atoms with Gasteiger partial charge in [0.15, 0.2) is 0 Å². The Morgan fingerprint density at radius 3 is 2.59 bits per heavy atom. The minimum Gasteiger partial charge on any atom is -0.396 e. The molecule has 1 aliphatic rings. The van der Waals surface area contributed by atoms with Crippen molar-refractivity contribution in [3.8, 4) is 0 Å². The fraction of sp³-hybridized carbons (Fsp3) is 0.643. The number of aliphatic hydroxyl groups excluding tert-OH is 1. The molecular formula is C14H23NO2. The average molecular weight is 237 g/mol. The zero-order valence-electron chi connectivity index (χ0n) is 10.6. The van der Waals surface area contributed by atoms with Crippen LogP contribution in [0.2, 0.25) is 0 Å². The summed E-state index contributed by atoms with van der Waals surface area (Å²) in [5.74, 6) is -0.0819. The van der Waals surface area contributed by atoms with Crippen molar-refractivity contribution in [3.63, 3.8) is 0 Å². The zero-order valence-corrected chi connectivity index (χ0v) is 10.6. The predicted molar refractivity (Wildman–Crippen MR) is 69.6 cm³/mol. The maximum atomic E-state index is 11.5. The fourth-order valence-electron chi connectivity index (χ4n) is 2.28. The first-order valence-corrected chi connectivity index (χ1v) is 6.40. The molecule has 0 unspecified atom stereocenters. The molecule has 0 aromatic carbocycles. The zero-order chi connectivity index (χ0) is 12.6. The van der Waals surface area contributed by atoms with E-state index in [1.807, 2.05) is 19.1 Å². The van der Waals surface area contributed by atoms with Crippen LogP contribution in [0.15, 0.2) is 24.3 Å². The molecule has 0 radical (unpaired) electrons. The Morgan fingerprint density at radius 2 is 2.00 bits per heavy atom. The summed E-state index contributed by atoms with van der Waals surface area (Å²) in [5, 5.41) is 12.4. The molecule has 0 aliphatic heterocycles. The van der Waals surface area contributed by atoms with E-state index in [1.165, 1.54) is 12.5 Å². The second-order valence-electron chi connectivity index (χ2n) is 4.82. The summed E-state index contributed by atoms with van der Waals surface area (Å²) in [5.41, 5.74) is -0.0810. The first kappa shape index (κ1) is 14.0. The summed E-state index contributed by atoms with van der Waals surface area (Å²) in [6.07, 6.45) is 12.5. The highest BCUT2D eigenvalue weighted by Crippen LogP contribution is 2.35. The van der Waals surface area contributed by atoms with Crippen molar-refractivity contribution in [2.24, 2.45) is 5.41 Å². The molecule has 0 aromatic heterocycles. The number of carbonyl (C=O) groups is 1. The van der Waals surface area contributed by atoms with Gasteiger partial charge in [-0.15, -0.1) is 0 Å². The van der Waals surface area contributed by atoms with Crippen LogP contribution in [0, 0.1) is 5.41 Å². The van der Waals surface area contributed by atoms with Crippen molar-refractivity contribution in [1.82, 2.24) is 5.32 Å². The summed E-state index contributed by atoms with van der Waals surface area (Å²) in [6.45, 7) is 2.67. The van der Waals surface area contributed by atoms with Crippen LogP contribution < -0.4 is 5.32 Å². The van der Waals surface area contributed by atoms with Gasteiger partial charge >= 0.3 is 0 Å². The van der Waals surface area contributed by atoms with Crippen LogP contribution in [0.5, 0.6) is 0 Å². The lowest BCUT2D eigenvalue weighted by molar-refractivity contribution is -0.117. The fourth-order valence-corrected chi connectivity index (χ4v) is 2.28.